The molecule has 4 nitrogen and oxygen atoms in total. The molecule has 0 atom stereocenters. The van der Waals surface area contributed by atoms with E-state index in [1.165, 1.54) is 32.1 Å². The normalized spacial score (nSPS) is 16.7. The predicted octanol–water partition coefficient (Wildman–Crippen LogP) is 3.56. The first-order valence-corrected chi connectivity index (χ1v) is 7.13. The smallest absolute Gasteiger partial charge is 0.155 e. The Bertz CT molecular complexity index is 543. The maximum Gasteiger partial charge on any atom is 0.155 e. The van der Waals surface area contributed by atoms with E-state index in [2.05, 4.69) is 21.6 Å². The number of nitrogens with zero attached hydrogens (tertiary/aromatic N) is 1. The maximum absolute atomic E-state index is 5.22. The third-order valence-electron chi connectivity index (χ3n) is 4.05. The summed E-state index contributed by atoms with van der Waals surface area (Å²) in [4.78, 5) is 0. The molecule has 0 bridgehead atoms. The van der Waals surface area contributed by atoms with Gasteiger partial charge in [0.15, 0.2) is 5.82 Å². The summed E-state index contributed by atoms with van der Waals surface area (Å²) in [6.07, 6.45) is 6.86. The molecule has 102 valence electrons. The van der Waals surface area contributed by atoms with E-state index >= 15 is 0 Å². The lowest BCUT2D eigenvalue weighted by molar-refractivity contribution is 0.373. The van der Waals surface area contributed by atoms with Gasteiger partial charge in [0, 0.05) is 18.0 Å². The van der Waals surface area contributed by atoms with Crippen LogP contribution in [-0.4, -0.2) is 23.9 Å². The second-order valence-electron chi connectivity index (χ2n) is 5.37. The molecular weight excluding hydrogens is 238 g/mol. The van der Waals surface area contributed by atoms with Crippen molar-refractivity contribution in [3.05, 3.63) is 18.2 Å². The lowest BCUT2D eigenvalue weighted by atomic mass is 9.89. The molecule has 1 saturated carbocycles. The molecule has 1 aromatic carbocycles. The van der Waals surface area contributed by atoms with Gasteiger partial charge in [0.25, 0.3) is 0 Å². The van der Waals surface area contributed by atoms with Crippen molar-refractivity contribution >= 4 is 16.7 Å². The highest BCUT2D eigenvalue weighted by Crippen LogP contribution is 2.27. The van der Waals surface area contributed by atoms with Crippen LogP contribution >= 0.6 is 0 Å². The summed E-state index contributed by atoms with van der Waals surface area (Å²) in [5.41, 5.74) is 1.02. The Balaban J connectivity index is 1.70. The van der Waals surface area contributed by atoms with Crippen LogP contribution in [0.4, 0.5) is 5.82 Å². The number of rotatable bonds is 4. The summed E-state index contributed by atoms with van der Waals surface area (Å²) in [6.45, 7) is 1.03. The molecule has 0 amide bonds. The van der Waals surface area contributed by atoms with E-state index in [1.54, 1.807) is 7.11 Å². The summed E-state index contributed by atoms with van der Waals surface area (Å²) >= 11 is 0. The Morgan fingerprint density at radius 1 is 1.32 bits per heavy atom. The van der Waals surface area contributed by atoms with Gasteiger partial charge in [-0.3, -0.25) is 5.10 Å². The van der Waals surface area contributed by atoms with Crippen molar-refractivity contribution in [1.82, 2.24) is 10.2 Å². The minimum atomic E-state index is 0.804. The maximum atomic E-state index is 5.22. The van der Waals surface area contributed by atoms with E-state index in [9.17, 15) is 0 Å². The minimum Gasteiger partial charge on any atom is -0.497 e. The first kappa shape index (κ1) is 12.3. The lowest BCUT2D eigenvalue weighted by Crippen LogP contribution is -2.17. The topological polar surface area (TPSA) is 49.9 Å². The van der Waals surface area contributed by atoms with Gasteiger partial charge < -0.3 is 10.1 Å². The average Bonchev–Trinajstić information content (AvgIpc) is 2.88. The van der Waals surface area contributed by atoms with Crippen molar-refractivity contribution in [3.8, 4) is 5.75 Å². The zero-order valence-corrected chi connectivity index (χ0v) is 11.4. The fourth-order valence-electron chi connectivity index (χ4n) is 2.89. The van der Waals surface area contributed by atoms with E-state index in [0.29, 0.717) is 0 Å². The number of aromatic amines is 1. The number of anilines is 1. The van der Waals surface area contributed by atoms with E-state index < -0.39 is 0 Å². The van der Waals surface area contributed by atoms with Gasteiger partial charge in [-0.25, -0.2) is 0 Å². The molecule has 1 fully saturated rings. The number of H-pyrrole nitrogens is 1. The zero-order valence-electron chi connectivity index (χ0n) is 11.4. The van der Waals surface area contributed by atoms with Gasteiger partial charge in [-0.2, -0.15) is 5.10 Å². The van der Waals surface area contributed by atoms with Gasteiger partial charge in [0.1, 0.15) is 5.75 Å². The molecule has 0 unspecified atom stereocenters. The number of ether oxygens (including phenoxy) is 1. The van der Waals surface area contributed by atoms with Gasteiger partial charge in [-0.05, 0) is 30.9 Å². The van der Waals surface area contributed by atoms with Crippen LogP contribution in [0.25, 0.3) is 10.9 Å². The minimum absolute atomic E-state index is 0.804. The molecule has 0 spiro atoms. The van der Waals surface area contributed by atoms with Gasteiger partial charge in [-0.1, -0.05) is 19.3 Å². The molecule has 0 saturated heterocycles. The van der Waals surface area contributed by atoms with Crippen molar-refractivity contribution in [2.45, 2.75) is 32.1 Å². The summed E-state index contributed by atoms with van der Waals surface area (Å²) in [5, 5.41) is 12.0. The Labute approximate surface area is 113 Å². The van der Waals surface area contributed by atoms with Crippen LogP contribution in [0.15, 0.2) is 18.2 Å². The van der Waals surface area contributed by atoms with Crippen LogP contribution in [0.5, 0.6) is 5.75 Å². The van der Waals surface area contributed by atoms with Crippen LogP contribution in [-0.2, 0) is 0 Å². The standard InChI is InChI=1S/C15H21N3O/c1-19-12-7-8-13-14(9-12)17-18-15(13)16-10-11-5-3-2-4-6-11/h7-9,11H,2-6,10H2,1H3,(H2,16,17,18). The first-order chi connectivity index (χ1) is 9.36. The van der Waals surface area contributed by atoms with Crippen LogP contribution < -0.4 is 10.1 Å². The molecule has 1 aliphatic rings. The average molecular weight is 259 g/mol. The van der Waals surface area contributed by atoms with Crippen molar-refractivity contribution in [3.63, 3.8) is 0 Å². The number of nitrogens with one attached hydrogen (secondary N) is 2. The number of hydrogen-bond donors (Lipinski definition) is 2. The second-order valence-corrected chi connectivity index (χ2v) is 5.37. The third-order valence-corrected chi connectivity index (χ3v) is 4.05. The number of fused-ring (bicyclic) bond motifs is 1. The van der Waals surface area contributed by atoms with E-state index in [4.69, 9.17) is 4.74 Å². The third kappa shape index (κ3) is 2.67. The highest BCUT2D eigenvalue weighted by molar-refractivity contribution is 5.90. The fourth-order valence-corrected chi connectivity index (χ4v) is 2.89. The molecule has 2 aromatic rings. The van der Waals surface area contributed by atoms with Crippen LogP contribution in [0.3, 0.4) is 0 Å². The highest BCUT2D eigenvalue weighted by atomic mass is 16.5. The monoisotopic (exact) mass is 259 g/mol. The summed E-state index contributed by atoms with van der Waals surface area (Å²) in [7, 11) is 1.68. The van der Waals surface area contributed by atoms with Crippen LogP contribution in [0, 0.1) is 5.92 Å². The number of methoxy groups -OCH3 is 1. The van der Waals surface area contributed by atoms with Crippen molar-refractivity contribution in [2.75, 3.05) is 19.0 Å². The molecule has 1 aromatic heterocycles. The van der Waals surface area contributed by atoms with Crippen LogP contribution in [0.2, 0.25) is 0 Å². The first-order valence-electron chi connectivity index (χ1n) is 7.13. The highest BCUT2D eigenvalue weighted by Gasteiger charge is 2.14. The van der Waals surface area contributed by atoms with Gasteiger partial charge in [-0.15, -0.1) is 0 Å². The lowest BCUT2D eigenvalue weighted by Gasteiger charge is -2.21. The van der Waals surface area contributed by atoms with Gasteiger partial charge in [0.2, 0.25) is 0 Å². The van der Waals surface area contributed by atoms with Crippen molar-refractivity contribution < 1.29 is 4.74 Å². The molecule has 1 heterocycles. The van der Waals surface area contributed by atoms with E-state index in [-0.39, 0.29) is 0 Å². The molecule has 2 N–H and O–H groups in total. The fraction of sp³-hybridized carbons (Fsp3) is 0.533. The molecule has 19 heavy (non-hydrogen) atoms. The Hall–Kier alpha value is -1.71. The van der Waals surface area contributed by atoms with E-state index in [1.807, 2.05) is 12.1 Å². The molecule has 4 heteroatoms. The van der Waals surface area contributed by atoms with Crippen molar-refractivity contribution in [1.29, 1.82) is 0 Å². The summed E-state index contributed by atoms with van der Waals surface area (Å²) in [6, 6.07) is 6.01. The predicted molar refractivity (Wildman–Crippen MR) is 77.7 cm³/mol. The molecular formula is C15H21N3O. The molecule has 1 aliphatic carbocycles. The Morgan fingerprint density at radius 3 is 2.95 bits per heavy atom. The number of aromatic nitrogens is 2. The molecule has 0 aliphatic heterocycles. The summed E-state index contributed by atoms with van der Waals surface area (Å²) in [5.74, 6) is 2.62. The van der Waals surface area contributed by atoms with Gasteiger partial charge >= 0.3 is 0 Å². The van der Waals surface area contributed by atoms with Crippen molar-refractivity contribution in [2.24, 2.45) is 5.92 Å². The summed E-state index contributed by atoms with van der Waals surface area (Å²) < 4.78 is 5.22. The Morgan fingerprint density at radius 2 is 2.16 bits per heavy atom. The van der Waals surface area contributed by atoms with E-state index in [0.717, 1.165) is 34.9 Å². The molecule has 0 radical (unpaired) electrons. The largest absolute Gasteiger partial charge is 0.497 e. The molecule has 3 rings (SSSR count). The zero-order chi connectivity index (χ0) is 13.1. The number of benzene rings is 1. The SMILES string of the molecule is COc1ccc2c(NCC3CCCCC3)n[nH]c2c1. The van der Waals surface area contributed by atoms with Crippen LogP contribution in [0.1, 0.15) is 32.1 Å². The quantitative estimate of drug-likeness (QED) is 0.882. The Kier molecular flexibility index (Phi) is 3.58. The van der Waals surface area contributed by atoms with Gasteiger partial charge in [0.05, 0.1) is 12.6 Å². The number of hydrogen-bond acceptors (Lipinski definition) is 3. The second kappa shape index (κ2) is 5.51.